The minimum absolute atomic E-state index is 0.223. The fourth-order valence-electron chi connectivity index (χ4n) is 14.0. The van der Waals surface area contributed by atoms with Gasteiger partial charge in [-0.3, -0.25) is 24.0 Å². The number of aliphatic hydroxyl groups excluding tert-OH is 1. The number of fused-ring (bicyclic) bond motifs is 3. The Kier molecular flexibility index (Phi) is 7.72. The van der Waals surface area contributed by atoms with Crippen LogP contribution in [0.5, 0.6) is 0 Å². The van der Waals surface area contributed by atoms with Gasteiger partial charge in [0, 0.05) is 50.0 Å². The highest BCUT2D eigenvalue weighted by Crippen LogP contribution is 2.96. The van der Waals surface area contributed by atoms with Crippen molar-refractivity contribution in [1.82, 2.24) is 0 Å². The second-order valence-electron chi connectivity index (χ2n) is 18.2. The summed E-state index contributed by atoms with van der Waals surface area (Å²) in [7, 11) is 1.18. The van der Waals surface area contributed by atoms with Gasteiger partial charge in [-0.2, -0.15) is 0 Å². The third kappa shape index (κ3) is 3.77. The average molecular weight is 817 g/mol. The molecule has 18 heteroatoms. The Morgan fingerprint density at radius 2 is 1.64 bits per heavy atom. The van der Waals surface area contributed by atoms with E-state index in [4.69, 9.17) is 47.0 Å². The van der Waals surface area contributed by atoms with Crippen LogP contribution in [0.15, 0.2) is 23.0 Å². The van der Waals surface area contributed by atoms with E-state index in [1.165, 1.54) is 39.5 Å². The second kappa shape index (κ2) is 11.4. The number of esters is 6. The molecule has 1 unspecified atom stereocenters. The highest BCUT2D eigenvalue weighted by atomic mass is 17.0. The van der Waals surface area contributed by atoms with Crippen LogP contribution in [-0.2, 0) is 71.4 Å². The fourth-order valence-corrected chi connectivity index (χ4v) is 14.0. The van der Waals surface area contributed by atoms with Crippen molar-refractivity contribution < 1.29 is 86.0 Å². The summed E-state index contributed by atoms with van der Waals surface area (Å²) < 4.78 is 62.8. The van der Waals surface area contributed by atoms with Crippen molar-refractivity contribution in [2.75, 3.05) is 7.11 Å². The van der Waals surface area contributed by atoms with Gasteiger partial charge in [0.1, 0.15) is 41.2 Å². The molecule has 4 bridgehead atoms. The number of furan rings is 1. The Bertz CT molecular complexity index is 2050. The SMILES string of the molecule is CCC(=O)O[C@@]12[C@H]3OC4(C)O[C@@]5([C@H](O)[C@H](OC(C)=O)[C@]67C[C@]6([C@@H](OC(=O)C(C)C)C(=O)O[C@H]7c6ccoc6)[C@@]35O4)[C@]3(C)[C@@H](CC(=O)OC)[C@](C)(C[C@]13O)[C@@H]2OC(C)=O. The van der Waals surface area contributed by atoms with E-state index < -0.39 is 141 Å². The Balaban J connectivity index is 1.45. The van der Waals surface area contributed by atoms with Crippen LogP contribution in [0.4, 0.5) is 0 Å². The Labute approximate surface area is 332 Å². The maximum atomic E-state index is 14.8. The molecular weight excluding hydrogens is 768 g/mol. The molecule has 5 saturated carbocycles. The van der Waals surface area contributed by atoms with E-state index in [0.29, 0.717) is 5.56 Å². The highest BCUT2D eigenvalue weighted by Gasteiger charge is 3.11. The summed E-state index contributed by atoms with van der Waals surface area (Å²) in [6.45, 7) is 11.5. The van der Waals surface area contributed by atoms with Crippen LogP contribution in [0.3, 0.4) is 0 Å². The molecule has 18 nitrogen and oxygen atoms in total. The van der Waals surface area contributed by atoms with E-state index >= 15 is 0 Å². The minimum Gasteiger partial charge on any atom is -0.472 e. The topological polar surface area (TPSA) is 239 Å². The van der Waals surface area contributed by atoms with E-state index in [1.54, 1.807) is 27.7 Å². The Morgan fingerprint density at radius 3 is 2.22 bits per heavy atom. The van der Waals surface area contributed by atoms with Crippen LogP contribution in [-0.4, -0.2) is 112 Å². The highest BCUT2D eigenvalue weighted by molar-refractivity contribution is 5.85. The zero-order valence-electron chi connectivity index (χ0n) is 33.6. The number of carbonyl (C=O) groups excluding carboxylic acids is 6. The molecule has 3 aliphatic heterocycles. The molecule has 2 N–H and O–H groups in total. The van der Waals surface area contributed by atoms with Gasteiger partial charge >= 0.3 is 35.8 Å². The molecule has 4 heterocycles. The van der Waals surface area contributed by atoms with Gasteiger partial charge in [0.05, 0.1) is 36.4 Å². The fraction of sp³-hybridized carbons (Fsp3) is 0.750. The van der Waals surface area contributed by atoms with E-state index in [2.05, 4.69) is 0 Å². The van der Waals surface area contributed by atoms with Gasteiger partial charge in [0.25, 0.3) is 5.97 Å². The molecule has 8 fully saturated rings. The lowest BCUT2D eigenvalue weighted by atomic mass is 9.33. The summed E-state index contributed by atoms with van der Waals surface area (Å²) in [5.74, 6) is -9.25. The second-order valence-corrected chi connectivity index (χ2v) is 18.2. The standard InChI is InChI=1S/C40H48O18/c1-10-22(43)55-38-30(52-19(5)42)32(6)15-37(38,48)33(7,21(32)13-23(44)49-9)39-24(45)26(51-18(4)41)35-16-36(35,40(39)31(38)56-34(8,57-39)58-40)27(54-28(46)17(2)3)29(47)53-25(35)20-11-12-50-14-20/h11-12,14,17,21,24-27,30-31,45,48H,10,13,15-16H2,1-9H3/t21-,24+,25-,26-,27-,30-,31+,32-,33+,34?,35+,36+,37+,38-,39-,40-/m0/s1. The first-order chi connectivity index (χ1) is 27.1. The maximum absolute atomic E-state index is 14.8. The summed E-state index contributed by atoms with van der Waals surface area (Å²) in [4.78, 5) is 82.7. The molecule has 3 saturated heterocycles. The summed E-state index contributed by atoms with van der Waals surface area (Å²) in [5, 5.41) is 27.4. The van der Waals surface area contributed by atoms with Crippen molar-refractivity contribution in [1.29, 1.82) is 0 Å². The number of carbonyl (C=O) groups is 6. The van der Waals surface area contributed by atoms with Crippen molar-refractivity contribution in [2.24, 2.45) is 33.5 Å². The third-order valence-corrected chi connectivity index (χ3v) is 15.5. The van der Waals surface area contributed by atoms with Gasteiger partial charge in [-0.1, -0.05) is 34.6 Å². The maximum Gasteiger partial charge on any atom is 0.348 e. The van der Waals surface area contributed by atoms with Crippen LogP contribution in [0.2, 0.25) is 0 Å². The monoisotopic (exact) mass is 816 g/mol. The van der Waals surface area contributed by atoms with Crippen molar-refractivity contribution >= 4 is 35.8 Å². The summed E-state index contributed by atoms with van der Waals surface area (Å²) >= 11 is 0. The molecule has 9 rings (SSSR count). The molecule has 0 radical (unpaired) electrons. The van der Waals surface area contributed by atoms with Crippen LogP contribution in [0.1, 0.15) is 92.7 Å². The lowest BCUT2D eigenvalue weighted by molar-refractivity contribution is -0.470. The van der Waals surface area contributed by atoms with Crippen LogP contribution in [0.25, 0.3) is 0 Å². The first-order valence-electron chi connectivity index (χ1n) is 19.6. The molecule has 1 aromatic heterocycles. The summed E-state index contributed by atoms with van der Waals surface area (Å²) in [5.41, 5.74) is -16.4. The molecule has 16 atom stereocenters. The van der Waals surface area contributed by atoms with Gasteiger partial charge in [0.15, 0.2) is 6.10 Å². The lowest BCUT2D eigenvalue weighted by Gasteiger charge is -2.77. The van der Waals surface area contributed by atoms with E-state index in [0.717, 1.165) is 13.8 Å². The predicted octanol–water partition coefficient (Wildman–Crippen LogP) is 1.70. The molecule has 8 aliphatic rings. The molecular formula is C40H48O18. The number of methoxy groups -OCH3 is 1. The molecule has 1 spiro atoms. The molecule has 1 aromatic rings. The molecule has 0 amide bonds. The van der Waals surface area contributed by atoms with E-state index in [1.807, 2.05) is 0 Å². The first kappa shape index (κ1) is 39.4. The number of aliphatic hydroxyl groups is 2. The first-order valence-corrected chi connectivity index (χ1v) is 19.6. The Hall–Kier alpha value is -4.10. The average Bonchev–Trinajstić information content (AvgIpc) is 3.50. The van der Waals surface area contributed by atoms with Gasteiger partial charge in [-0.05, 0) is 24.8 Å². The summed E-state index contributed by atoms with van der Waals surface area (Å²) in [6.07, 6.45) is -8.81. The van der Waals surface area contributed by atoms with Crippen molar-refractivity contribution in [3.8, 4) is 0 Å². The largest absolute Gasteiger partial charge is 0.472 e. The predicted molar refractivity (Wildman–Crippen MR) is 185 cm³/mol. The number of ether oxygens (including phenoxy) is 9. The number of hydrogen-bond donors (Lipinski definition) is 2. The van der Waals surface area contributed by atoms with Crippen molar-refractivity contribution in [3.63, 3.8) is 0 Å². The zero-order chi connectivity index (χ0) is 42.2. The lowest BCUT2D eigenvalue weighted by Crippen LogP contribution is -2.97. The van der Waals surface area contributed by atoms with Crippen molar-refractivity contribution in [2.45, 2.75) is 146 Å². The number of rotatable bonds is 9. The van der Waals surface area contributed by atoms with Gasteiger partial charge in [0.2, 0.25) is 11.7 Å². The van der Waals surface area contributed by atoms with E-state index in [9.17, 15) is 39.0 Å². The molecule has 58 heavy (non-hydrogen) atoms. The molecule has 316 valence electrons. The smallest absolute Gasteiger partial charge is 0.348 e. The molecule has 5 aliphatic carbocycles. The van der Waals surface area contributed by atoms with E-state index in [-0.39, 0.29) is 19.3 Å². The van der Waals surface area contributed by atoms with Crippen molar-refractivity contribution in [3.05, 3.63) is 24.2 Å². The third-order valence-electron chi connectivity index (χ3n) is 15.5. The van der Waals surface area contributed by atoms with Gasteiger partial charge < -0.3 is 57.3 Å². The molecule has 0 aromatic carbocycles. The number of cyclic esters (lactones) is 1. The zero-order valence-corrected chi connectivity index (χ0v) is 33.6. The number of hydrogen-bond acceptors (Lipinski definition) is 18. The normalized spacial score (nSPS) is 50.6. The van der Waals surface area contributed by atoms with Crippen LogP contribution in [0, 0.1) is 33.5 Å². The van der Waals surface area contributed by atoms with Crippen LogP contribution < -0.4 is 0 Å². The summed E-state index contributed by atoms with van der Waals surface area (Å²) in [6, 6.07) is 1.53. The quantitative estimate of drug-likeness (QED) is 0.266. The van der Waals surface area contributed by atoms with Gasteiger partial charge in [-0.25, -0.2) is 4.79 Å². The Morgan fingerprint density at radius 1 is 0.966 bits per heavy atom. The van der Waals surface area contributed by atoms with Crippen LogP contribution >= 0.6 is 0 Å². The van der Waals surface area contributed by atoms with Gasteiger partial charge in [-0.15, -0.1) is 0 Å². The minimum atomic E-state index is -2.41.